The van der Waals surface area contributed by atoms with Gasteiger partial charge in [0.05, 0.1) is 24.9 Å². The first-order valence-corrected chi connectivity index (χ1v) is 8.10. The molecule has 1 aliphatic carbocycles. The number of aromatic nitrogens is 2. The van der Waals surface area contributed by atoms with Crippen molar-refractivity contribution in [2.24, 2.45) is 0 Å². The van der Waals surface area contributed by atoms with Crippen molar-refractivity contribution in [1.29, 1.82) is 0 Å². The monoisotopic (exact) mass is 295 g/mol. The standard InChI is InChI=1S/C16H29N3O2/c1-5-11-19-14(13(20-3)12-18-19)15(17-6-2)16(21-4)9-7-8-10-16/h12,15,17H,5-11H2,1-4H3. The molecule has 0 aliphatic heterocycles. The third-order valence-electron chi connectivity index (χ3n) is 4.56. The van der Waals surface area contributed by atoms with Crippen molar-refractivity contribution in [3.63, 3.8) is 0 Å². The fraction of sp³-hybridized carbons (Fsp3) is 0.812. The van der Waals surface area contributed by atoms with E-state index in [9.17, 15) is 0 Å². The van der Waals surface area contributed by atoms with Crippen LogP contribution >= 0.6 is 0 Å². The lowest BCUT2D eigenvalue weighted by atomic mass is 9.89. The summed E-state index contributed by atoms with van der Waals surface area (Å²) in [5.41, 5.74) is 0.986. The van der Waals surface area contributed by atoms with E-state index >= 15 is 0 Å². The number of hydrogen-bond acceptors (Lipinski definition) is 4. The first-order chi connectivity index (χ1) is 10.2. The van der Waals surface area contributed by atoms with Gasteiger partial charge in [-0.1, -0.05) is 26.7 Å². The maximum absolute atomic E-state index is 6.01. The van der Waals surface area contributed by atoms with E-state index in [4.69, 9.17) is 9.47 Å². The highest BCUT2D eigenvalue weighted by atomic mass is 16.5. The average molecular weight is 295 g/mol. The van der Waals surface area contributed by atoms with Gasteiger partial charge < -0.3 is 14.8 Å². The van der Waals surface area contributed by atoms with E-state index in [-0.39, 0.29) is 11.6 Å². The van der Waals surface area contributed by atoms with E-state index < -0.39 is 0 Å². The number of nitrogens with zero attached hydrogens (tertiary/aromatic N) is 2. The van der Waals surface area contributed by atoms with Crippen molar-refractivity contribution < 1.29 is 9.47 Å². The van der Waals surface area contributed by atoms with Crippen LogP contribution in [0.15, 0.2) is 6.20 Å². The molecule has 5 nitrogen and oxygen atoms in total. The van der Waals surface area contributed by atoms with Crippen LogP contribution in [0.5, 0.6) is 5.75 Å². The molecule has 1 heterocycles. The zero-order chi connectivity index (χ0) is 15.3. The van der Waals surface area contributed by atoms with Crippen molar-refractivity contribution in [1.82, 2.24) is 15.1 Å². The summed E-state index contributed by atoms with van der Waals surface area (Å²) in [4.78, 5) is 0. The molecule has 1 atom stereocenters. The average Bonchev–Trinajstić information content (AvgIpc) is 3.13. The molecule has 1 N–H and O–H groups in total. The molecule has 1 saturated carbocycles. The molecule has 0 aromatic carbocycles. The van der Waals surface area contributed by atoms with E-state index in [1.165, 1.54) is 12.8 Å². The van der Waals surface area contributed by atoms with E-state index in [0.717, 1.165) is 43.8 Å². The number of hydrogen-bond donors (Lipinski definition) is 1. The van der Waals surface area contributed by atoms with Gasteiger partial charge in [-0.05, 0) is 25.8 Å². The van der Waals surface area contributed by atoms with Gasteiger partial charge in [0.1, 0.15) is 5.69 Å². The van der Waals surface area contributed by atoms with Crippen molar-refractivity contribution in [2.45, 2.75) is 64.1 Å². The van der Waals surface area contributed by atoms with Crippen LogP contribution in [0.1, 0.15) is 57.7 Å². The second-order valence-electron chi connectivity index (χ2n) is 5.79. The largest absolute Gasteiger partial charge is 0.493 e. The molecule has 0 spiro atoms. The summed E-state index contributed by atoms with van der Waals surface area (Å²) in [6.07, 6.45) is 7.49. The number of rotatable bonds is 8. The number of nitrogens with one attached hydrogen (secondary N) is 1. The van der Waals surface area contributed by atoms with Crippen LogP contribution < -0.4 is 10.1 Å². The molecular formula is C16H29N3O2. The summed E-state index contributed by atoms with van der Waals surface area (Å²) < 4.78 is 13.7. The SMILES string of the molecule is CCCn1ncc(OC)c1C(NCC)C1(OC)CCCC1. The lowest BCUT2D eigenvalue weighted by Crippen LogP contribution is -2.44. The minimum Gasteiger partial charge on any atom is -0.493 e. The molecule has 21 heavy (non-hydrogen) atoms. The van der Waals surface area contributed by atoms with Crippen LogP contribution in [0.3, 0.4) is 0 Å². The Balaban J connectivity index is 2.43. The molecule has 1 aliphatic rings. The Hall–Kier alpha value is -1.07. The normalized spacial score (nSPS) is 18.9. The zero-order valence-electron chi connectivity index (χ0n) is 13.8. The minimum atomic E-state index is -0.144. The fourth-order valence-electron chi connectivity index (χ4n) is 3.54. The first kappa shape index (κ1) is 16.3. The Morgan fingerprint density at radius 1 is 1.33 bits per heavy atom. The highest BCUT2D eigenvalue weighted by molar-refractivity contribution is 5.31. The topological polar surface area (TPSA) is 48.3 Å². The van der Waals surface area contributed by atoms with E-state index in [0.29, 0.717) is 0 Å². The molecule has 0 amide bonds. The van der Waals surface area contributed by atoms with Gasteiger partial charge in [-0.3, -0.25) is 4.68 Å². The van der Waals surface area contributed by atoms with E-state index in [2.05, 4.69) is 28.9 Å². The summed E-state index contributed by atoms with van der Waals surface area (Å²) in [5, 5.41) is 8.14. The van der Waals surface area contributed by atoms with Gasteiger partial charge >= 0.3 is 0 Å². The summed E-state index contributed by atoms with van der Waals surface area (Å²) >= 11 is 0. The minimum absolute atomic E-state index is 0.124. The molecule has 1 aromatic heterocycles. The predicted octanol–water partition coefficient (Wildman–Crippen LogP) is 2.91. The predicted molar refractivity (Wildman–Crippen MR) is 83.7 cm³/mol. The van der Waals surface area contributed by atoms with Crippen molar-refractivity contribution in [2.75, 3.05) is 20.8 Å². The Morgan fingerprint density at radius 2 is 2.05 bits per heavy atom. The molecular weight excluding hydrogens is 266 g/mol. The van der Waals surface area contributed by atoms with Gasteiger partial charge in [-0.25, -0.2) is 0 Å². The quantitative estimate of drug-likeness (QED) is 0.801. The van der Waals surface area contributed by atoms with Crippen LogP contribution in [0.2, 0.25) is 0 Å². The number of likely N-dealkylation sites (N-methyl/N-ethyl adjacent to an activating group) is 1. The van der Waals surface area contributed by atoms with Gasteiger partial charge in [0.2, 0.25) is 0 Å². The van der Waals surface area contributed by atoms with E-state index in [1.807, 2.05) is 13.3 Å². The zero-order valence-corrected chi connectivity index (χ0v) is 13.8. The first-order valence-electron chi connectivity index (χ1n) is 8.10. The van der Waals surface area contributed by atoms with Crippen LogP contribution in [-0.2, 0) is 11.3 Å². The maximum atomic E-state index is 6.01. The smallest absolute Gasteiger partial charge is 0.161 e. The number of aryl methyl sites for hydroxylation is 1. The maximum Gasteiger partial charge on any atom is 0.161 e. The van der Waals surface area contributed by atoms with E-state index in [1.54, 1.807) is 7.11 Å². The van der Waals surface area contributed by atoms with Gasteiger partial charge in [0.25, 0.3) is 0 Å². The molecule has 5 heteroatoms. The lowest BCUT2D eigenvalue weighted by molar-refractivity contribution is -0.0391. The molecule has 1 aromatic rings. The van der Waals surface area contributed by atoms with Gasteiger partial charge in [-0.2, -0.15) is 5.10 Å². The third kappa shape index (κ3) is 3.09. The fourth-order valence-corrected chi connectivity index (χ4v) is 3.54. The lowest BCUT2D eigenvalue weighted by Gasteiger charge is -2.37. The number of ether oxygens (including phenoxy) is 2. The Kier molecular flexibility index (Phi) is 5.65. The summed E-state index contributed by atoms with van der Waals surface area (Å²) in [5.74, 6) is 0.859. The second-order valence-corrected chi connectivity index (χ2v) is 5.79. The van der Waals surface area contributed by atoms with Crippen LogP contribution in [0, 0.1) is 0 Å². The van der Waals surface area contributed by atoms with Crippen LogP contribution in [0.4, 0.5) is 0 Å². The van der Waals surface area contributed by atoms with Crippen molar-refractivity contribution >= 4 is 0 Å². The molecule has 120 valence electrons. The van der Waals surface area contributed by atoms with Crippen molar-refractivity contribution in [3.8, 4) is 5.75 Å². The summed E-state index contributed by atoms with van der Waals surface area (Å²) in [7, 11) is 3.55. The molecule has 0 bridgehead atoms. The highest BCUT2D eigenvalue weighted by Gasteiger charge is 2.44. The van der Waals surface area contributed by atoms with Gasteiger partial charge in [0.15, 0.2) is 5.75 Å². The summed E-state index contributed by atoms with van der Waals surface area (Å²) in [6, 6.07) is 0.124. The van der Waals surface area contributed by atoms with Crippen LogP contribution in [-0.4, -0.2) is 36.1 Å². The van der Waals surface area contributed by atoms with Crippen LogP contribution in [0.25, 0.3) is 0 Å². The van der Waals surface area contributed by atoms with Crippen molar-refractivity contribution in [3.05, 3.63) is 11.9 Å². The summed E-state index contributed by atoms with van der Waals surface area (Å²) in [6.45, 7) is 6.11. The number of methoxy groups -OCH3 is 2. The molecule has 0 saturated heterocycles. The Morgan fingerprint density at radius 3 is 2.57 bits per heavy atom. The third-order valence-corrected chi connectivity index (χ3v) is 4.56. The van der Waals surface area contributed by atoms with Gasteiger partial charge in [-0.15, -0.1) is 0 Å². The van der Waals surface area contributed by atoms with Gasteiger partial charge in [0, 0.05) is 13.7 Å². The molecule has 2 rings (SSSR count). The molecule has 1 unspecified atom stereocenters. The highest BCUT2D eigenvalue weighted by Crippen LogP contribution is 2.44. The second kappa shape index (κ2) is 7.27. The molecule has 0 radical (unpaired) electrons. The Bertz CT molecular complexity index is 439. The Labute approximate surface area is 128 Å². The molecule has 1 fully saturated rings.